The third kappa shape index (κ3) is 3.06. The molecular weight excluding hydrogens is 212 g/mol. The second kappa shape index (κ2) is 5.12. The van der Waals surface area contributed by atoms with Gasteiger partial charge < -0.3 is 16.0 Å². The summed E-state index contributed by atoms with van der Waals surface area (Å²) in [5, 5.41) is 2.93. The van der Waals surface area contributed by atoms with Gasteiger partial charge in [0.25, 0.3) is 0 Å². The van der Waals surface area contributed by atoms with Crippen molar-refractivity contribution < 1.29 is 8.78 Å². The van der Waals surface area contributed by atoms with Crippen LogP contribution >= 0.6 is 0 Å². The molecule has 0 bridgehead atoms. The number of nitrogens with zero attached hydrogens (tertiary/aromatic N) is 1. The first-order chi connectivity index (χ1) is 7.41. The third-order valence-electron chi connectivity index (χ3n) is 2.56. The summed E-state index contributed by atoms with van der Waals surface area (Å²) in [6, 6.07) is 2.21. The fourth-order valence-corrected chi connectivity index (χ4v) is 1.17. The molecule has 0 aromatic heterocycles. The Morgan fingerprint density at radius 2 is 2.00 bits per heavy atom. The lowest BCUT2D eigenvalue weighted by atomic mass is 10.2. The van der Waals surface area contributed by atoms with Gasteiger partial charge in [-0.1, -0.05) is 0 Å². The molecule has 0 amide bonds. The Morgan fingerprint density at radius 1 is 1.38 bits per heavy atom. The average molecular weight is 229 g/mol. The van der Waals surface area contributed by atoms with Crippen LogP contribution in [0.25, 0.3) is 0 Å². The van der Waals surface area contributed by atoms with E-state index < -0.39 is 11.6 Å². The van der Waals surface area contributed by atoms with Gasteiger partial charge in [0.1, 0.15) is 5.82 Å². The van der Waals surface area contributed by atoms with Crippen LogP contribution in [0.15, 0.2) is 12.1 Å². The molecule has 0 aliphatic heterocycles. The van der Waals surface area contributed by atoms with Crippen LogP contribution in [0.1, 0.15) is 6.92 Å². The number of nitrogens with one attached hydrogen (secondary N) is 1. The summed E-state index contributed by atoms with van der Waals surface area (Å²) in [4.78, 5) is 2.00. The normalized spacial score (nSPS) is 12.9. The minimum Gasteiger partial charge on any atom is -0.395 e. The number of rotatable bonds is 4. The van der Waals surface area contributed by atoms with Gasteiger partial charge in [0.2, 0.25) is 0 Å². The molecule has 1 atom stereocenters. The molecule has 3 nitrogen and oxygen atoms in total. The predicted octanol–water partition coefficient (Wildman–Crippen LogP) is 1.91. The molecule has 1 aromatic carbocycles. The molecule has 0 aliphatic carbocycles. The molecule has 16 heavy (non-hydrogen) atoms. The Balaban J connectivity index is 2.74. The van der Waals surface area contributed by atoms with Crippen LogP contribution in [-0.4, -0.2) is 31.6 Å². The van der Waals surface area contributed by atoms with Gasteiger partial charge in [-0.15, -0.1) is 0 Å². The number of anilines is 2. The van der Waals surface area contributed by atoms with Gasteiger partial charge in [0.15, 0.2) is 5.82 Å². The highest BCUT2D eigenvalue weighted by molar-refractivity contribution is 5.66. The zero-order valence-electron chi connectivity index (χ0n) is 9.72. The van der Waals surface area contributed by atoms with Gasteiger partial charge in [0.05, 0.1) is 11.4 Å². The molecule has 0 fully saturated rings. The van der Waals surface area contributed by atoms with E-state index in [1.807, 2.05) is 25.9 Å². The molecule has 1 unspecified atom stereocenters. The van der Waals surface area contributed by atoms with E-state index in [1.165, 1.54) is 6.07 Å². The van der Waals surface area contributed by atoms with Crippen molar-refractivity contribution in [1.29, 1.82) is 0 Å². The molecule has 3 N–H and O–H groups in total. The number of hydrogen-bond acceptors (Lipinski definition) is 3. The number of hydrogen-bond donors (Lipinski definition) is 2. The highest BCUT2D eigenvalue weighted by Gasteiger charge is 2.09. The van der Waals surface area contributed by atoms with Gasteiger partial charge in [-0.25, -0.2) is 8.78 Å². The van der Waals surface area contributed by atoms with Gasteiger partial charge in [-0.2, -0.15) is 0 Å². The summed E-state index contributed by atoms with van der Waals surface area (Å²) in [5.74, 6) is -1.37. The zero-order valence-corrected chi connectivity index (χ0v) is 9.72. The maximum absolute atomic E-state index is 13.1. The van der Waals surface area contributed by atoms with Crippen LogP contribution in [0.2, 0.25) is 0 Å². The van der Waals surface area contributed by atoms with Crippen molar-refractivity contribution in [2.75, 3.05) is 31.7 Å². The van der Waals surface area contributed by atoms with Crippen LogP contribution in [0, 0.1) is 11.6 Å². The van der Waals surface area contributed by atoms with E-state index in [-0.39, 0.29) is 11.7 Å². The van der Waals surface area contributed by atoms with E-state index >= 15 is 0 Å². The molecule has 0 heterocycles. The van der Waals surface area contributed by atoms with Crippen LogP contribution in [0.3, 0.4) is 0 Å². The van der Waals surface area contributed by atoms with Crippen molar-refractivity contribution >= 4 is 11.4 Å². The number of halogens is 2. The summed E-state index contributed by atoms with van der Waals surface area (Å²) in [6.07, 6.45) is 0. The van der Waals surface area contributed by atoms with Crippen LogP contribution in [0.4, 0.5) is 20.2 Å². The molecule has 0 aliphatic rings. The van der Waals surface area contributed by atoms with Crippen molar-refractivity contribution in [2.24, 2.45) is 0 Å². The Hall–Kier alpha value is -1.36. The smallest absolute Gasteiger partial charge is 0.151 e. The monoisotopic (exact) mass is 229 g/mol. The SMILES string of the molecule is CC(CNc1cc(F)cc(F)c1N)N(C)C. The zero-order chi connectivity index (χ0) is 12.3. The number of nitrogen functional groups attached to an aromatic ring is 1. The van der Waals surface area contributed by atoms with E-state index in [1.54, 1.807) is 0 Å². The standard InChI is InChI=1S/C11H17F2N3/c1-7(16(2)3)6-15-10-5-8(12)4-9(13)11(10)14/h4-5,7,15H,6,14H2,1-3H3. The van der Waals surface area contributed by atoms with Crippen LogP contribution in [-0.2, 0) is 0 Å². The highest BCUT2D eigenvalue weighted by Crippen LogP contribution is 2.23. The van der Waals surface area contributed by atoms with Crippen molar-refractivity contribution in [3.63, 3.8) is 0 Å². The first-order valence-corrected chi connectivity index (χ1v) is 5.06. The Kier molecular flexibility index (Phi) is 4.06. The number of benzene rings is 1. The largest absolute Gasteiger partial charge is 0.395 e. The van der Waals surface area contributed by atoms with E-state index in [4.69, 9.17) is 5.73 Å². The van der Waals surface area contributed by atoms with Gasteiger partial charge in [0, 0.05) is 18.7 Å². The van der Waals surface area contributed by atoms with Crippen LogP contribution in [0.5, 0.6) is 0 Å². The molecule has 0 spiro atoms. The highest BCUT2D eigenvalue weighted by atomic mass is 19.1. The molecule has 1 aromatic rings. The summed E-state index contributed by atoms with van der Waals surface area (Å²) < 4.78 is 26.1. The van der Waals surface area contributed by atoms with Gasteiger partial charge in [-0.05, 0) is 27.1 Å². The van der Waals surface area contributed by atoms with Crippen molar-refractivity contribution in [3.8, 4) is 0 Å². The van der Waals surface area contributed by atoms with Crippen LogP contribution < -0.4 is 11.1 Å². The number of nitrogens with two attached hydrogens (primary N) is 1. The summed E-state index contributed by atoms with van der Waals surface area (Å²) in [7, 11) is 3.86. The fourth-order valence-electron chi connectivity index (χ4n) is 1.17. The Bertz CT molecular complexity index is 366. The fraction of sp³-hybridized carbons (Fsp3) is 0.455. The average Bonchev–Trinajstić information content (AvgIpc) is 2.20. The lowest BCUT2D eigenvalue weighted by molar-refractivity contribution is 0.326. The predicted molar refractivity (Wildman–Crippen MR) is 62.4 cm³/mol. The van der Waals surface area contributed by atoms with Gasteiger partial charge in [-0.3, -0.25) is 0 Å². The maximum atomic E-state index is 13.1. The third-order valence-corrected chi connectivity index (χ3v) is 2.56. The topological polar surface area (TPSA) is 41.3 Å². The molecule has 90 valence electrons. The summed E-state index contributed by atoms with van der Waals surface area (Å²) >= 11 is 0. The van der Waals surface area contributed by atoms with E-state index in [2.05, 4.69) is 5.32 Å². The number of likely N-dealkylation sites (N-methyl/N-ethyl adjacent to an activating group) is 1. The quantitative estimate of drug-likeness (QED) is 0.775. The van der Waals surface area contributed by atoms with E-state index in [9.17, 15) is 8.78 Å². The lowest BCUT2D eigenvalue weighted by Crippen LogP contribution is -2.31. The second-order valence-electron chi connectivity index (χ2n) is 4.04. The van der Waals surface area contributed by atoms with Gasteiger partial charge >= 0.3 is 0 Å². The molecule has 5 heteroatoms. The summed E-state index contributed by atoms with van der Waals surface area (Å²) in [5.41, 5.74) is 5.74. The minimum atomic E-state index is -0.736. The first-order valence-electron chi connectivity index (χ1n) is 5.06. The molecule has 1 rings (SSSR count). The summed E-state index contributed by atoms with van der Waals surface area (Å²) in [6.45, 7) is 2.57. The molecule has 0 saturated heterocycles. The Morgan fingerprint density at radius 3 is 2.56 bits per heavy atom. The first kappa shape index (κ1) is 12.7. The van der Waals surface area contributed by atoms with E-state index in [0.29, 0.717) is 12.2 Å². The molecule has 0 radical (unpaired) electrons. The van der Waals surface area contributed by atoms with Crippen molar-refractivity contribution in [2.45, 2.75) is 13.0 Å². The maximum Gasteiger partial charge on any atom is 0.151 e. The molecular formula is C11H17F2N3. The van der Waals surface area contributed by atoms with Crippen molar-refractivity contribution in [3.05, 3.63) is 23.8 Å². The molecule has 0 saturated carbocycles. The minimum absolute atomic E-state index is 0.0487. The second-order valence-corrected chi connectivity index (χ2v) is 4.04. The Labute approximate surface area is 94.2 Å². The lowest BCUT2D eigenvalue weighted by Gasteiger charge is -2.21. The van der Waals surface area contributed by atoms with E-state index in [0.717, 1.165) is 6.07 Å². The van der Waals surface area contributed by atoms with Crippen molar-refractivity contribution in [1.82, 2.24) is 4.90 Å².